The van der Waals surface area contributed by atoms with E-state index in [-0.39, 0.29) is 17.4 Å². The molecule has 1 atom stereocenters. The number of rotatable bonds is 4. The van der Waals surface area contributed by atoms with Gasteiger partial charge in [0, 0.05) is 6.07 Å². The van der Waals surface area contributed by atoms with E-state index in [0.29, 0.717) is 0 Å². The monoisotopic (exact) mass is 262 g/mol. The second kappa shape index (κ2) is 5.33. The van der Waals surface area contributed by atoms with Crippen LogP contribution in [0, 0.1) is 5.82 Å². The van der Waals surface area contributed by atoms with Crippen molar-refractivity contribution in [3.63, 3.8) is 0 Å². The molecular formula is C11H12ClFO4. The lowest BCUT2D eigenvalue weighted by Gasteiger charge is -2.20. The Morgan fingerprint density at radius 3 is 2.76 bits per heavy atom. The van der Waals surface area contributed by atoms with E-state index in [1.54, 1.807) is 0 Å². The SMILES string of the molecule is COC(=O)C(C)(O)COc1ccc(Cl)c(F)c1. The van der Waals surface area contributed by atoms with Crippen molar-refractivity contribution in [3.05, 3.63) is 29.0 Å². The molecule has 4 nitrogen and oxygen atoms in total. The molecule has 6 heteroatoms. The summed E-state index contributed by atoms with van der Waals surface area (Å²) in [5.74, 6) is -1.30. The van der Waals surface area contributed by atoms with Crippen molar-refractivity contribution < 1.29 is 23.8 Å². The molecular weight excluding hydrogens is 251 g/mol. The maximum Gasteiger partial charge on any atom is 0.341 e. The average molecular weight is 263 g/mol. The van der Waals surface area contributed by atoms with E-state index in [0.717, 1.165) is 13.2 Å². The third kappa shape index (κ3) is 3.57. The highest BCUT2D eigenvalue weighted by Gasteiger charge is 2.32. The van der Waals surface area contributed by atoms with Crippen LogP contribution in [-0.2, 0) is 9.53 Å². The Morgan fingerprint density at radius 1 is 1.59 bits per heavy atom. The zero-order valence-electron chi connectivity index (χ0n) is 9.37. The fourth-order valence-corrected chi connectivity index (χ4v) is 1.19. The van der Waals surface area contributed by atoms with Gasteiger partial charge in [0.15, 0.2) is 5.60 Å². The second-order valence-electron chi connectivity index (χ2n) is 3.63. The summed E-state index contributed by atoms with van der Waals surface area (Å²) in [5.41, 5.74) is -1.79. The summed E-state index contributed by atoms with van der Waals surface area (Å²) in [6.07, 6.45) is 0. The number of esters is 1. The molecule has 0 saturated carbocycles. The molecule has 0 aliphatic carbocycles. The van der Waals surface area contributed by atoms with Crippen molar-refractivity contribution in [2.45, 2.75) is 12.5 Å². The molecule has 1 aromatic rings. The Bertz CT molecular complexity index is 420. The molecule has 0 aliphatic rings. The van der Waals surface area contributed by atoms with Crippen LogP contribution in [0.2, 0.25) is 5.02 Å². The quantitative estimate of drug-likeness (QED) is 0.841. The Labute approximate surface area is 103 Å². The van der Waals surface area contributed by atoms with Crippen LogP contribution in [0.4, 0.5) is 4.39 Å². The molecule has 1 rings (SSSR count). The summed E-state index contributed by atoms with van der Waals surface area (Å²) in [4.78, 5) is 11.1. The van der Waals surface area contributed by atoms with Crippen LogP contribution in [0.15, 0.2) is 18.2 Å². The van der Waals surface area contributed by atoms with E-state index < -0.39 is 17.4 Å². The van der Waals surface area contributed by atoms with Gasteiger partial charge in [0.2, 0.25) is 0 Å². The smallest absolute Gasteiger partial charge is 0.341 e. The molecule has 1 aromatic carbocycles. The maximum atomic E-state index is 13.1. The minimum atomic E-state index is -1.79. The van der Waals surface area contributed by atoms with Gasteiger partial charge in [-0.25, -0.2) is 9.18 Å². The molecule has 1 N–H and O–H groups in total. The van der Waals surface area contributed by atoms with Crippen LogP contribution >= 0.6 is 11.6 Å². The number of aliphatic hydroxyl groups is 1. The molecule has 17 heavy (non-hydrogen) atoms. The highest BCUT2D eigenvalue weighted by molar-refractivity contribution is 6.30. The standard InChI is InChI=1S/C11H12ClFO4/c1-11(15,10(14)16-2)6-17-7-3-4-8(12)9(13)5-7/h3-5,15H,6H2,1-2H3. The summed E-state index contributed by atoms with van der Waals surface area (Å²) in [6.45, 7) is 0.895. The molecule has 94 valence electrons. The van der Waals surface area contributed by atoms with Gasteiger partial charge in [-0.3, -0.25) is 0 Å². The summed E-state index contributed by atoms with van der Waals surface area (Å²) < 4.78 is 22.5. The minimum Gasteiger partial charge on any atom is -0.490 e. The van der Waals surface area contributed by atoms with Crippen molar-refractivity contribution in [1.29, 1.82) is 0 Å². The Kier molecular flexibility index (Phi) is 4.31. The maximum absolute atomic E-state index is 13.1. The molecule has 0 radical (unpaired) electrons. The van der Waals surface area contributed by atoms with Crippen LogP contribution < -0.4 is 4.74 Å². The van der Waals surface area contributed by atoms with Crippen molar-refractivity contribution >= 4 is 17.6 Å². The lowest BCUT2D eigenvalue weighted by atomic mass is 10.1. The van der Waals surface area contributed by atoms with Crippen molar-refractivity contribution in [2.24, 2.45) is 0 Å². The van der Waals surface area contributed by atoms with Gasteiger partial charge < -0.3 is 14.6 Å². The van der Waals surface area contributed by atoms with Crippen LogP contribution in [0.1, 0.15) is 6.92 Å². The zero-order valence-corrected chi connectivity index (χ0v) is 10.1. The fraction of sp³-hybridized carbons (Fsp3) is 0.364. The van der Waals surface area contributed by atoms with Gasteiger partial charge in [-0.15, -0.1) is 0 Å². The lowest BCUT2D eigenvalue weighted by molar-refractivity contribution is -0.163. The third-order valence-electron chi connectivity index (χ3n) is 2.04. The van der Waals surface area contributed by atoms with Gasteiger partial charge in [-0.1, -0.05) is 11.6 Å². The first-order valence-electron chi connectivity index (χ1n) is 4.75. The van der Waals surface area contributed by atoms with Crippen LogP contribution in [0.3, 0.4) is 0 Å². The van der Waals surface area contributed by atoms with Gasteiger partial charge in [0.25, 0.3) is 0 Å². The number of hydrogen-bond donors (Lipinski definition) is 1. The molecule has 0 aromatic heterocycles. The largest absolute Gasteiger partial charge is 0.490 e. The number of carbonyl (C=O) groups excluding carboxylic acids is 1. The molecule has 0 fully saturated rings. The highest BCUT2D eigenvalue weighted by Crippen LogP contribution is 2.21. The first kappa shape index (κ1) is 13.7. The van der Waals surface area contributed by atoms with E-state index in [1.807, 2.05) is 0 Å². The predicted molar refractivity (Wildman–Crippen MR) is 59.5 cm³/mol. The topological polar surface area (TPSA) is 55.8 Å². The normalized spacial score (nSPS) is 13.9. The number of carbonyl (C=O) groups is 1. The number of halogens is 2. The van der Waals surface area contributed by atoms with Crippen LogP contribution in [0.5, 0.6) is 5.75 Å². The average Bonchev–Trinajstić information content (AvgIpc) is 2.29. The first-order chi connectivity index (χ1) is 7.86. The molecule has 0 aliphatic heterocycles. The lowest BCUT2D eigenvalue weighted by Crippen LogP contribution is -2.42. The molecule has 0 saturated heterocycles. The third-order valence-corrected chi connectivity index (χ3v) is 2.34. The fourth-order valence-electron chi connectivity index (χ4n) is 1.07. The van der Waals surface area contributed by atoms with Gasteiger partial charge in [-0.05, 0) is 19.1 Å². The van der Waals surface area contributed by atoms with Crippen molar-refractivity contribution in [3.8, 4) is 5.75 Å². The minimum absolute atomic E-state index is 0.0305. The Hall–Kier alpha value is -1.33. The number of benzene rings is 1. The number of ether oxygens (including phenoxy) is 2. The van der Waals surface area contributed by atoms with Crippen molar-refractivity contribution in [1.82, 2.24) is 0 Å². The molecule has 1 unspecified atom stereocenters. The van der Waals surface area contributed by atoms with Gasteiger partial charge in [-0.2, -0.15) is 0 Å². The molecule has 0 bridgehead atoms. The summed E-state index contributed by atoms with van der Waals surface area (Å²) in [7, 11) is 1.15. The highest BCUT2D eigenvalue weighted by atomic mass is 35.5. The molecule has 0 amide bonds. The Morgan fingerprint density at radius 2 is 2.24 bits per heavy atom. The summed E-state index contributed by atoms with van der Waals surface area (Å²) in [6, 6.07) is 3.81. The zero-order chi connectivity index (χ0) is 13.1. The summed E-state index contributed by atoms with van der Waals surface area (Å²) >= 11 is 5.49. The number of hydrogen-bond acceptors (Lipinski definition) is 4. The Balaban J connectivity index is 2.67. The summed E-state index contributed by atoms with van der Waals surface area (Å²) in [5, 5.41) is 9.62. The van der Waals surface area contributed by atoms with Crippen LogP contribution in [-0.4, -0.2) is 30.4 Å². The van der Waals surface area contributed by atoms with E-state index >= 15 is 0 Å². The van der Waals surface area contributed by atoms with Gasteiger partial charge >= 0.3 is 5.97 Å². The van der Waals surface area contributed by atoms with E-state index in [4.69, 9.17) is 16.3 Å². The van der Waals surface area contributed by atoms with Crippen LogP contribution in [0.25, 0.3) is 0 Å². The first-order valence-corrected chi connectivity index (χ1v) is 5.13. The number of methoxy groups -OCH3 is 1. The van der Waals surface area contributed by atoms with E-state index in [1.165, 1.54) is 19.1 Å². The van der Waals surface area contributed by atoms with E-state index in [9.17, 15) is 14.3 Å². The molecule has 0 heterocycles. The van der Waals surface area contributed by atoms with Gasteiger partial charge in [0.1, 0.15) is 18.2 Å². The van der Waals surface area contributed by atoms with Crippen molar-refractivity contribution in [2.75, 3.05) is 13.7 Å². The molecule has 0 spiro atoms. The predicted octanol–water partition coefficient (Wildman–Crippen LogP) is 1.78. The van der Waals surface area contributed by atoms with Gasteiger partial charge in [0.05, 0.1) is 12.1 Å². The second-order valence-corrected chi connectivity index (χ2v) is 4.04. The van der Waals surface area contributed by atoms with E-state index in [2.05, 4.69) is 4.74 Å².